The van der Waals surface area contributed by atoms with Crippen molar-refractivity contribution in [3.8, 4) is 5.75 Å². The maximum Gasteiger partial charge on any atom is 0.407 e. The molecular weight excluding hydrogens is 621 g/mol. The second-order valence-corrected chi connectivity index (χ2v) is 20.4. The maximum atomic E-state index is 14.4. The summed E-state index contributed by atoms with van der Waals surface area (Å²) in [5, 5.41) is 27.1. The lowest BCUT2D eigenvalue weighted by molar-refractivity contribution is -0.127. The van der Waals surface area contributed by atoms with E-state index in [0.717, 1.165) is 22.3 Å². The van der Waals surface area contributed by atoms with Gasteiger partial charge in [-0.25, -0.2) is 4.79 Å². The zero-order valence-electron chi connectivity index (χ0n) is 29.7. The smallest absolute Gasteiger partial charge is 0.407 e. The molecule has 4 rings (SSSR count). The van der Waals surface area contributed by atoms with Gasteiger partial charge in [-0.05, 0) is 92.6 Å². The molecule has 0 aliphatic heterocycles. The third kappa shape index (κ3) is 10.2. The van der Waals surface area contributed by atoms with Crippen molar-refractivity contribution < 1.29 is 29.0 Å². The quantitative estimate of drug-likeness (QED) is 0.151. The standard InChI is InChI=1S/C39H54N2O6Si/c1-38(2,3)46-37(45)40-32(23-26-14-10-9-11-15-26)34(47-48(7,8)39(4,5)6)25-29(22-27-18-20-30(42)21-19-27)36(44)41-35-31-17-13-12-16-28(31)24-33(35)43/h9-21,29,32-35,42-43H,22-25H2,1-8H3,(H,40,45)(H,41,44)/t29-,32+,33-,34+,35+/m1/s1. The van der Waals surface area contributed by atoms with Crippen LogP contribution >= 0.6 is 0 Å². The largest absolute Gasteiger partial charge is 0.508 e. The summed E-state index contributed by atoms with van der Waals surface area (Å²) in [6, 6.07) is 23.6. The molecule has 0 bridgehead atoms. The fraction of sp³-hybridized carbons (Fsp3) is 0.487. The predicted molar refractivity (Wildman–Crippen MR) is 192 cm³/mol. The van der Waals surface area contributed by atoms with Gasteiger partial charge in [0.25, 0.3) is 0 Å². The molecule has 5 atom stereocenters. The molecule has 1 aliphatic rings. The van der Waals surface area contributed by atoms with E-state index >= 15 is 0 Å². The average molecular weight is 675 g/mol. The lowest BCUT2D eigenvalue weighted by Gasteiger charge is -2.42. The summed E-state index contributed by atoms with van der Waals surface area (Å²) in [6.07, 6.45) is -0.207. The number of benzene rings is 3. The van der Waals surface area contributed by atoms with Crippen molar-refractivity contribution in [3.05, 3.63) is 101 Å². The highest BCUT2D eigenvalue weighted by Crippen LogP contribution is 2.39. The normalized spacial score (nSPS) is 18.4. The van der Waals surface area contributed by atoms with Gasteiger partial charge in [0.05, 0.1) is 24.3 Å². The number of alkyl carbamates (subject to hydrolysis) is 1. The second-order valence-electron chi connectivity index (χ2n) is 15.6. The van der Waals surface area contributed by atoms with Crippen molar-refractivity contribution >= 4 is 20.3 Å². The number of hydrogen-bond donors (Lipinski definition) is 4. The Balaban J connectivity index is 1.74. The summed E-state index contributed by atoms with van der Waals surface area (Å²) >= 11 is 0. The van der Waals surface area contributed by atoms with Gasteiger partial charge in [-0.2, -0.15) is 0 Å². The Kier molecular flexibility index (Phi) is 11.8. The van der Waals surface area contributed by atoms with E-state index in [2.05, 4.69) is 44.5 Å². The Morgan fingerprint density at radius 3 is 2.10 bits per heavy atom. The van der Waals surface area contributed by atoms with Crippen molar-refractivity contribution in [2.75, 3.05) is 0 Å². The molecule has 3 aromatic carbocycles. The summed E-state index contributed by atoms with van der Waals surface area (Å²) in [5.41, 5.74) is 3.15. The van der Waals surface area contributed by atoms with Gasteiger partial charge in [-0.15, -0.1) is 0 Å². The van der Waals surface area contributed by atoms with Crippen LogP contribution in [0.4, 0.5) is 4.79 Å². The Morgan fingerprint density at radius 1 is 0.875 bits per heavy atom. The van der Waals surface area contributed by atoms with Crippen LogP contribution in [0.2, 0.25) is 18.1 Å². The molecule has 3 aromatic rings. The van der Waals surface area contributed by atoms with Crippen molar-refractivity contribution in [1.29, 1.82) is 0 Å². The molecule has 9 heteroatoms. The van der Waals surface area contributed by atoms with Crippen LogP contribution in [0.25, 0.3) is 0 Å². The fourth-order valence-electron chi connectivity index (χ4n) is 5.95. The average Bonchev–Trinajstić information content (AvgIpc) is 3.30. The molecule has 0 fully saturated rings. The Bertz CT molecular complexity index is 1510. The Morgan fingerprint density at radius 2 is 1.48 bits per heavy atom. The first-order chi connectivity index (χ1) is 22.4. The van der Waals surface area contributed by atoms with Crippen LogP contribution in [0.3, 0.4) is 0 Å². The molecule has 4 N–H and O–H groups in total. The van der Waals surface area contributed by atoms with Gasteiger partial charge in [-0.1, -0.05) is 87.5 Å². The highest BCUT2D eigenvalue weighted by atomic mass is 28.4. The molecule has 0 spiro atoms. The molecule has 260 valence electrons. The topological polar surface area (TPSA) is 117 Å². The number of aromatic hydroxyl groups is 1. The van der Waals surface area contributed by atoms with E-state index < -0.39 is 50.2 Å². The first-order valence-corrected chi connectivity index (χ1v) is 19.9. The van der Waals surface area contributed by atoms with E-state index in [4.69, 9.17) is 9.16 Å². The van der Waals surface area contributed by atoms with Crippen molar-refractivity contribution in [2.45, 2.75) is 115 Å². The number of fused-ring (bicyclic) bond motifs is 1. The number of hydrogen-bond acceptors (Lipinski definition) is 6. The SMILES string of the molecule is CC(C)(C)OC(=O)N[C@@H](Cc1ccccc1)[C@H](C[C@@H](Cc1ccc(O)cc1)C(=O)N[C@H]1c2ccccc2C[C@H]1O)O[Si](C)(C)C(C)(C)C. The van der Waals surface area contributed by atoms with Crippen LogP contribution in [0, 0.1) is 5.92 Å². The van der Waals surface area contributed by atoms with Crippen LogP contribution in [0.1, 0.15) is 76.3 Å². The lowest BCUT2D eigenvalue weighted by atomic mass is 9.88. The molecule has 48 heavy (non-hydrogen) atoms. The first-order valence-electron chi connectivity index (χ1n) is 17.0. The highest BCUT2D eigenvalue weighted by Gasteiger charge is 2.43. The summed E-state index contributed by atoms with van der Waals surface area (Å²) in [4.78, 5) is 27.7. The predicted octanol–water partition coefficient (Wildman–Crippen LogP) is 7.24. The summed E-state index contributed by atoms with van der Waals surface area (Å²) < 4.78 is 12.9. The molecule has 0 aromatic heterocycles. The summed E-state index contributed by atoms with van der Waals surface area (Å²) in [7, 11) is -2.44. The van der Waals surface area contributed by atoms with E-state index in [1.165, 1.54) is 0 Å². The number of phenolic OH excluding ortho intramolecular Hbond substituents is 1. The van der Waals surface area contributed by atoms with Gasteiger partial charge < -0.3 is 30.0 Å². The number of phenols is 1. The van der Waals surface area contributed by atoms with Crippen LogP contribution < -0.4 is 10.6 Å². The van der Waals surface area contributed by atoms with Crippen LogP contribution in [-0.4, -0.2) is 54.4 Å². The minimum atomic E-state index is -2.44. The third-order valence-corrected chi connectivity index (χ3v) is 14.0. The maximum absolute atomic E-state index is 14.4. The lowest BCUT2D eigenvalue weighted by Crippen LogP contribution is -2.54. The second kappa shape index (κ2) is 15.3. The number of aliphatic hydroxyl groups is 1. The molecule has 0 unspecified atom stereocenters. The van der Waals surface area contributed by atoms with E-state index in [9.17, 15) is 19.8 Å². The molecule has 0 saturated heterocycles. The number of ether oxygens (including phenoxy) is 1. The van der Waals surface area contributed by atoms with Gasteiger partial charge in [0.15, 0.2) is 8.32 Å². The number of amides is 2. The first kappa shape index (κ1) is 37.2. The van der Waals surface area contributed by atoms with Crippen molar-refractivity contribution in [1.82, 2.24) is 10.6 Å². The summed E-state index contributed by atoms with van der Waals surface area (Å²) in [6.45, 7) is 16.3. The Hall–Kier alpha value is -3.66. The number of rotatable bonds is 12. The molecular formula is C39H54N2O6Si. The fourth-order valence-corrected chi connectivity index (χ4v) is 7.32. The van der Waals surface area contributed by atoms with Crippen molar-refractivity contribution in [2.24, 2.45) is 5.92 Å². The van der Waals surface area contributed by atoms with Crippen LogP contribution in [0.15, 0.2) is 78.9 Å². The van der Waals surface area contributed by atoms with Gasteiger partial charge in [0.1, 0.15) is 11.4 Å². The molecule has 0 saturated carbocycles. The molecule has 8 nitrogen and oxygen atoms in total. The summed E-state index contributed by atoms with van der Waals surface area (Å²) in [5.74, 6) is -0.638. The monoisotopic (exact) mass is 674 g/mol. The zero-order chi connectivity index (χ0) is 35.3. The van der Waals surface area contributed by atoms with E-state index in [1.54, 1.807) is 12.1 Å². The van der Waals surface area contributed by atoms with Crippen molar-refractivity contribution in [3.63, 3.8) is 0 Å². The number of nitrogens with one attached hydrogen (secondary N) is 2. The molecule has 1 aliphatic carbocycles. The minimum Gasteiger partial charge on any atom is -0.508 e. The molecule has 2 amide bonds. The number of carbonyl (C=O) groups is 2. The van der Waals surface area contributed by atoms with E-state index in [1.807, 2.05) is 87.5 Å². The van der Waals surface area contributed by atoms with Crippen LogP contribution in [-0.2, 0) is 33.2 Å². The zero-order valence-corrected chi connectivity index (χ0v) is 30.7. The minimum absolute atomic E-state index is 0.138. The van der Waals surface area contributed by atoms with E-state index in [0.29, 0.717) is 25.7 Å². The number of aliphatic hydroxyl groups excluding tert-OH is 1. The van der Waals surface area contributed by atoms with Crippen LogP contribution in [0.5, 0.6) is 5.75 Å². The van der Waals surface area contributed by atoms with Gasteiger partial charge in [-0.3, -0.25) is 4.79 Å². The Labute approximate surface area is 287 Å². The number of carbonyl (C=O) groups excluding carboxylic acids is 2. The van der Waals surface area contributed by atoms with E-state index in [-0.39, 0.29) is 16.7 Å². The molecule has 0 radical (unpaired) electrons. The highest BCUT2D eigenvalue weighted by molar-refractivity contribution is 6.74. The van der Waals surface area contributed by atoms with Gasteiger partial charge >= 0.3 is 6.09 Å². The van der Waals surface area contributed by atoms with Gasteiger partial charge in [0, 0.05) is 12.3 Å². The van der Waals surface area contributed by atoms with Gasteiger partial charge in [0.2, 0.25) is 5.91 Å². The third-order valence-electron chi connectivity index (χ3n) is 9.51. The molecule has 0 heterocycles.